The van der Waals surface area contributed by atoms with Crippen molar-refractivity contribution in [1.82, 2.24) is 95.0 Å². The predicted octanol–water partition coefficient (Wildman–Crippen LogP) is -6.12. The third-order valence-electron chi connectivity index (χ3n) is 21.2. The summed E-state index contributed by atoms with van der Waals surface area (Å²) >= 11 is 0. The van der Waals surface area contributed by atoms with Gasteiger partial charge in [0.1, 0.15) is 90.3 Å². The second kappa shape index (κ2) is 57.5. The molecule has 18 atom stereocenters. The number of aliphatic hydroxyl groups excluding tert-OH is 3. The molecule has 0 unspecified atom stereocenters. The van der Waals surface area contributed by atoms with E-state index in [1.807, 2.05) is 0 Å². The van der Waals surface area contributed by atoms with Gasteiger partial charge >= 0.3 is 11.9 Å². The first-order valence-electron chi connectivity index (χ1n) is 43.6. The number of nitrogens with two attached hydrogens (primary N) is 4. The molecule has 32 N–H and O–H groups in total. The molecule has 1 heterocycles. The minimum absolute atomic E-state index is 0.0434. The van der Waals surface area contributed by atoms with Gasteiger partial charge in [0.2, 0.25) is 88.6 Å². The van der Waals surface area contributed by atoms with Gasteiger partial charge in [-0.3, -0.25) is 82.1 Å². The van der Waals surface area contributed by atoms with Crippen LogP contribution in [0, 0.1) is 35.0 Å². The minimum atomic E-state index is -1.97. The Bertz CT molecular complexity index is 4260. The molecular weight excluding hydrogens is 1710 g/mol. The zero-order chi connectivity index (χ0) is 98.6. The number of aliphatic hydroxyl groups is 3. The number of aromatic nitrogens is 2. The summed E-state index contributed by atoms with van der Waals surface area (Å²) in [4.78, 5) is 244. The van der Waals surface area contributed by atoms with Crippen molar-refractivity contribution in [3.8, 4) is 5.75 Å². The number of unbranched alkanes of at least 4 members (excludes halogenated alkanes) is 2. The van der Waals surface area contributed by atoms with Crippen molar-refractivity contribution in [2.24, 2.45) is 52.5 Å². The van der Waals surface area contributed by atoms with E-state index in [0.29, 0.717) is 29.7 Å². The lowest BCUT2D eigenvalue weighted by atomic mass is 9.97. The summed E-state index contributed by atoms with van der Waals surface area (Å²) < 4.78 is 0. The predicted molar refractivity (Wildman–Crippen MR) is 476 cm³/mol. The molecule has 0 spiro atoms. The van der Waals surface area contributed by atoms with Crippen LogP contribution >= 0.6 is 0 Å². The average molecular weight is 1850 g/mol. The number of carbonyl (C=O) groups excluding carboxylic acids is 15. The summed E-state index contributed by atoms with van der Waals surface area (Å²) in [7, 11) is 0. The van der Waals surface area contributed by atoms with Crippen LogP contribution in [-0.2, 0) is 101 Å². The van der Waals surface area contributed by atoms with Crippen LogP contribution in [0.5, 0.6) is 5.75 Å². The first-order chi connectivity index (χ1) is 61.7. The maximum Gasteiger partial charge on any atom is 0.326 e. The van der Waals surface area contributed by atoms with E-state index in [1.165, 1.54) is 71.4 Å². The molecule has 3 aromatic rings. The molecule has 131 heavy (non-hydrogen) atoms. The number of benzene rings is 2. The number of aromatic hydroxyl groups is 1. The number of phenols is 1. The number of amides is 15. The van der Waals surface area contributed by atoms with Gasteiger partial charge in [-0.05, 0) is 131 Å². The topological polar surface area (TPSA) is 761 Å². The van der Waals surface area contributed by atoms with Crippen molar-refractivity contribution in [3.05, 3.63) is 83.9 Å². The maximum atomic E-state index is 14.9. The van der Waals surface area contributed by atoms with Crippen LogP contribution in [0.15, 0.2) is 67.1 Å². The maximum absolute atomic E-state index is 14.9. The molecule has 46 heteroatoms. The number of H-pyrrole nitrogens is 1. The molecular formula is C85H137N23O23. The number of phenolic OH excluding ortho intramolecular Hbond substituents is 1. The van der Waals surface area contributed by atoms with E-state index in [2.05, 4.69) is 95.0 Å². The molecule has 0 saturated heterocycles. The Morgan fingerprint density at radius 1 is 0.420 bits per heavy atom. The minimum Gasteiger partial charge on any atom is -0.508 e. The molecule has 1 aromatic heterocycles. The van der Waals surface area contributed by atoms with Crippen molar-refractivity contribution in [1.29, 1.82) is 5.41 Å². The molecule has 0 radical (unpaired) electrons. The van der Waals surface area contributed by atoms with Crippen LogP contribution < -0.4 is 108 Å². The largest absolute Gasteiger partial charge is 0.508 e. The van der Waals surface area contributed by atoms with Gasteiger partial charge in [-0.15, -0.1) is 0 Å². The third kappa shape index (κ3) is 39.8. The summed E-state index contributed by atoms with van der Waals surface area (Å²) in [5.74, 6) is -22.2. The standard InChI is InChI=1S/C85H137N23O23/c1-13-46(10)67(103-61(113)39-93-78(124)64(43(4)5)105-82(128)69(48(12)111)108-76(122)60(40-109)102-77(123)63(88)42(2)3)81(127)100-58(37-62(114)115)75(121)98-56(34-49-22-15-14-16-23-49)73(119)95-53(24-17-19-31-86)71(117)104-65(44(6)7)79(125)97-54(25-18-20-32-87)72(118)107-68(47(11)110)83(129)106-66(45(8)9)80(126)99-57(35-50-27-29-52(112)30-28-50)74(120)96-55(26-21-33-92-85(89)90)70(116)101-59(84(130)131)36-51-38-91-41-94-51/h14-16,22-23,27-30,38,41-48,53-60,63-69,109-112H,13,17-21,24-26,31-37,39-40,86-88H2,1-12H3,(H,91,94)(H,93,124)(H,95,119)(H,96,120)(H,97,125)(H,98,121)(H,99,126)(H,100,127)(H,101,116)(H,102,123)(H,103,113)(H,104,117)(H,105,128)(H,106,129)(H,107,118)(H,108,122)(H,114,115)(H,130,131)(H4,89,90,92)/t46-,47+,48+,53-,54-,55-,56-,57-,58-,59-,60-,63-,64-,65-,66-,67-,68-,69-/m0/s1. The molecule has 3 rings (SSSR count). The highest BCUT2D eigenvalue weighted by Gasteiger charge is 2.41. The second-order valence-electron chi connectivity index (χ2n) is 33.6. The molecule has 0 aliphatic heterocycles. The Kier molecular flexibility index (Phi) is 49.4. The number of rotatable bonds is 60. The van der Waals surface area contributed by atoms with Crippen molar-refractivity contribution in [3.63, 3.8) is 0 Å². The summed E-state index contributed by atoms with van der Waals surface area (Å²) in [5.41, 5.74) is 24.2. The number of hydrogen-bond donors (Lipinski definition) is 28. The van der Waals surface area contributed by atoms with Gasteiger partial charge in [0.25, 0.3) is 0 Å². The highest BCUT2D eigenvalue weighted by Crippen LogP contribution is 2.18. The van der Waals surface area contributed by atoms with E-state index in [9.17, 15) is 112 Å². The lowest BCUT2D eigenvalue weighted by Crippen LogP contribution is -2.63. The van der Waals surface area contributed by atoms with Crippen molar-refractivity contribution in [2.45, 2.75) is 269 Å². The second-order valence-corrected chi connectivity index (χ2v) is 33.6. The molecule has 2 aromatic carbocycles. The Labute approximate surface area is 760 Å². The molecule has 46 nitrogen and oxygen atoms in total. The summed E-state index contributed by atoms with van der Waals surface area (Å²) in [6.07, 6.45) is -1.75. The van der Waals surface area contributed by atoms with E-state index >= 15 is 0 Å². The molecule has 0 aliphatic rings. The SMILES string of the molecule is CC[C@H](C)[C@H](NC(=O)CNC(=O)[C@@H](NC(=O)[C@@H](NC(=O)[C@H](CO)NC(=O)[C@@H](N)C(C)C)[C@@H](C)O)C(C)C)C(=O)N[C@@H](CC(=O)O)C(=O)N[C@@H](Cc1ccccc1)C(=O)N[C@@H](CCCCN)C(=O)N[C@H](C(=O)N[C@@H](CCCCN)C(=O)N[C@H](C(=O)N[C@H](C(=O)N[C@@H](Cc1ccc(O)cc1)C(=O)N[C@@H](CCCNC(=N)N)C(=O)N[C@@H](Cc1cnc[nH]1)C(=O)O)C(C)C)[C@@H](C)O)C(C)C. The summed E-state index contributed by atoms with van der Waals surface area (Å²) in [6.45, 7) is 16.5. The Balaban J connectivity index is 1.93. The van der Waals surface area contributed by atoms with E-state index in [4.69, 9.17) is 28.3 Å². The van der Waals surface area contributed by atoms with Crippen molar-refractivity contribution in [2.75, 3.05) is 32.8 Å². The van der Waals surface area contributed by atoms with Gasteiger partial charge in [-0.1, -0.05) is 118 Å². The number of carbonyl (C=O) groups is 17. The fraction of sp³-hybridized carbons (Fsp3) is 0.612. The summed E-state index contributed by atoms with van der Waals surface area (Å²) in [6, 6.07) is -9.94. The molecule has 0 aliphatic carbocycles. The first kappa shape index (κ1) is 113. The lowest BCUT2D eigenvalue weighted by Gasteiger charge is -2.30. The number of aliphatic carboxylic acids is 2. The van der Waals surface area contributed by atoms with Crippen LogP contribution in [0.4, 0.5) is 0 Å². The average Bonchev–Trinajstić information content (AvgIpc) is 1.21. The Morgan fingerprint density at radius 3 is 1.23 bits per heavy atom. The zero-order valence-corrected chi connectivity index (χ0v) is 76.2. The van der Waals surface area contributed by atoms with Gasteiger partial charge in [0, 0.05) is 37.7 Å². The number of aromatic amines is 1. The van der Waals surface area contributed by atoms with Crippen LogP contribution in [-0.4, -0.2) is 283 Å². The van der Waals surface area contributed by atoms with Gasteiger partial charge in [-0.25, -0.2) is 9.78 Å². The quantitative estimate of drug-likeness (QED) is 0.0142. The smallest absolute Gasteiger partial charge is 0.326 e. The highest BCUT2D eigenvalue weighted by atomic mass is 16.4. The number of nitrogens with one attached hydrogen (secondary N) is 18. The number of hydrogen-bond acceptors (Lipinski definition) is 26. The molecule has 0 saturated carbocycles. The van der Waals surface area contributed by atoms with Crippen LogP contribution in [0.1, 0.15) is 164 Å². The Hall–Kier alpha value is -12.5. The first-order valence-corrected chi connectivity index (χ1v) is 43.6. The molecule has 15 amide bonds. The van der Waals surface area contributed by atoms with E-state index in [0.717, 1.165) is 13.8 Å². The van der Waals surface area contributed by atoms with Crippen LogP contribution in [0.2, 0.25) is 0 Å². The van der Waals surface area contributed by atoms with Crippen molar-refractivity contribution < 1.29 is 112 Å². The third-order valence-corrected chi connectivity index (χ3v) is 21.2. The van der Waals surface area contributed by atoms with E-state index < -0.39 is 253 Å². The van der Waals surface area contributed by atoms with E-state index in [1.54, 1.807) is 65.0 Å². The van der Waals surface area contributed by atoms with Crippen molar-refractivity contribution >= 4 is 107 Å². The van der Waals surface area contributed by atoms with Gasteiger partial charge in [0.15, 0.2) is 5.96 Å². The number of carboxylic acid groups (broad SMARTS) is 2. The zero-order valence-electron chi connectivity index (χ0n) is 76.2. The molecule has 0 fully saturated rings. The fourth-order valence-corrected chi connectivity index (χ4v) is 13.2. The monoisotopic (exact) mass is 1850 g/mol. The summed E-state index contributed by atoms with van der Waals surface area (Å²) in [5, 5.41) is 110. The van der Waals surface area contributed by atoms with Crippen LogP contribution in [0.3, 0.4) is 0 Å². The molecule has 0 bridgehead atoms. The number of guanidine groups is 1. The highest BCUT2D eigenvalue weighted by molar-refractivity contribution is 6.01. The lowest BCUT2D eigenvalue weighted by molar-refractivity contribution is -0.142. The number of carboxylic acids is 2. The molecule has 730 valence electrons. The number of nitrogens with zero attached hydrogens (tertiary/aromatic N) is 1. The van der Waals surface area contributed by atoms with Gasteiger partial charge < -0.3 is 144 Å². The van der Waals surface area contributed by atoms with Gasteiger partial charge in [-0.2, -0.15) is 0 Å². The normalized spacial score (nSPS) is 15.4. The van der Waals surface area contributed by atoms with E-state index in [-0.39, 0.29) is 95.5 Å². The fourth-order valence-electron chi connectivity index (χ4n) is 13.2. The Morgan fingerprint density at radius 2 is 0.802 bits per heavy atom. The number of imidazole rings is 1. The van der Waals surface area contributed by atoms with Gasteiger partial charge in [0.05, 0.1) is 44.1 Å². The van der Waals surface area contributed by atoms with Crippen LogP contribution in [0.25, 0.3) is 0 Å².